The van der Waals surface area contributed by atoms with Crippen molar-refractivity contribution in [2.75, 3.05) is 33.2 Å². The summed E-state index contributed by atoms with van der Waals surface area (Å²) in [6, 6.07) is 4.37. The number of benzene rings is 1. The van der Waals surface area contributed by atoms with Gasteiger partial charge in [-0.3, -0.25) is 14.5 Å². The van der Waals surface area contributed by atoms with Crippen LogP contribution in [0, 0.1) is 0 Å². The van der Waals surface area contributed by atoms with E-state index < -0.39 is 17.8 Å². The summed E-state index contributed by atoms with van der Waals surface area (Å²) in [5, 5.41) is 2.77. The highest BCUT2D eigenvalue weighted by Gasteiger charge is 2.33. The second-order valence-corrected chi connectivity index (χ2v) is 7.22. The smallest absolute Gasteiger partial charge is 0.416 e. The fourth-order valence-corrected chi connectivity index (χ4v) is 3.53. The molecule has 0 spiro atoms. The first-order valence-corrected chi connectivity index (χ1v) is 9.33. The largest absolute Gasteiger partial charge is 0.490 e. The van der Waals surface area contributed by atoms with E-state index in [2.05, 4.69) is 5.32 Å². The number of likely N-dealkylation sites (tertiary alicyclic amines) is 1. The summed E-state index contributed by atoms with van der Waals surface area (Å²) >= 11 is 0. The van der Waals surface area contributed by atoms with Crippen LogP contribution in [0.2, 0.25) is 0 Å². The van der Waals surface area contributed by atoms with Gasteiger partial charge in [0.2, 0.25) is 11.8 Å². The van der Waals surface area contributed by atoms with Gasteiger partial charge in [-0.2, -0.15) is 13.2 Å². The van der Waals surface area contributed by atoms with Crippen molar-refractivity contribution >= 4 is 11.8 Å². The summed E-state index contributed by atoms with van der Waals surface area (Å²) in [4.78, 5) is 28.1. The quantitative estimate of drug-likeness (QED) is 0.840. The van der Waals surface area contributed by atoms with Crippen LogP contribution >= 0.6 is 0 Å². The summed E-state index contributed by atoms with van der Waals surface area (Å²) in [6.45, 7) is 2.20. The van der Waals surface area contributed by atoms with Crippen LogP contribution in [0.15, 0.2) is 24.3 Å². The molecule has 2 aliphatic heterocycles. The van der Waals surface area contributed by atoms with Gasteiger partial charge in [-0.15, -0.1) is 0 Å². The Bertz CT molecular complexity index is 718. The van der Waals surface area contributed by atoms with Crippen LogP contribution in [-0.4, -0.2) is 67.0 Å². The van der Waals surface area contributed by atoms with Crippen LogP contribution in [0.5, 0.6) is 5.75 Å². The summed E-state index contributed by atoms with van der Waals surface area (Å²) in [7, 11) is 1.83. The maximum atomic E-state index is 12.8. The number of halogens is 3. The zero-order valence-corrected chi connectivity index (χ0v) is 15.7. The van der Waals surface area contributed by atoms with Gasteiger partial charge in [0.15, 0.2) is 0 Å². The first kappa shape index (κ1) is 20.4. The predicted octanol–water partition coefficient (Wildman–Crippen LogP) is 1.90. The molecule has 2 saturated heterocycles. The van der Waals surface area contributed by atoms with E-state index >= 15 is 0 Å². The number of piperazine rings is 1. The normalized spacial score (nSPS) is 22.1. The topological polar surface area (TPSA) is 61.9 Å². The first-order valence-electron chi connectivity index (χ1n) is 9.33. The minimum absolute atomic E-state index is 0.0913. The van der Waals surface area contributed by atoms with Crippen LogP contribution in [0.1, 0.15) is 24.8 Å². The average molecular weight is 399 g/mol. The Hall–Kier alpha value is -2.29. The molecular formula is C19H24F3N3O3. The van der Waals surface area contributed by atoms with E-state index in [1.165, 1.54) is 12.1 Å². The molecule has 2 fully saturated rings. The van der Waals surface area contributed by atoms with Gasteiger partial charge in [-0.05, 0) is 25.2 Å². The molecule has 0 aliphatic carbocycles. The molecule has 3 rings (SSSR count). The van der Waals surface area contributed by atoms with Crippen molar-refractivity contribution in [2.24, 2.45) is 0 Å². The van der Waals surface area contributed by atoms with Gasteiger partial charge in [-0.25, -0.2) is 0 Å². The van der Waals surface area contributed by atoms with Crippen molar-refractivity contribution in [2.45, 2.75) is 37.6 Å². The molecule has 1 atom stereocenters. The standard InChI is InChI=1S/C19H24F3N3O3/c1-24-10-7-23-18(27)16(24)12-17(26)25-8-5-14(6-9-25)28-15-4-2-3-13(11-15)19(20,21)22/h2-4,11,14,16H,5-10,12H2,1H3,(H,23,27). The van der Waals surface area contributed by atoms with Crippen LogP contribution in [0.25, 0.3) is 0 Å². The molecular weight excluding hydrogens is 375 g/mol. The van der Waals surface area contributed by atoms with E-state index in [1.807, 2.05) is 11.9 Å². The van der Waals surface area contributed by atoms with E-state index in [-0.39, 0.29) is 30.1 Å². The van der Waals surface area contributed by atoms with Gasteiger partial charge in [0, 0.05) is 39.0 Å². The Morgan fingerprint density at radius 2 is 1.96 bits per heavy atom. The lowest BCUT2D eigenvalue weighted by Gasteiger charge is -2.35. The summed E-state index contributed by atoms with van der Waals surface area (Å²) in [5.41, 5.74) is -0.743. The Kier molecular flexibility index (Phi) is 6.12. The predicted molar refractivity (Wildman–Crippen MR) is 95.7 cm³/mol. The molecule has 2 amide bonds. The minimum Gasteiger partial charge on any atom is -0.490 e. The number of nitrogens with one attached hydrogen (secondary N) is 1. The molecule has 2 aliphatic rings. The second kappa shape index (κ2) is 8.38. The van der Waals surface area contributed by atoms with Gasteiger partial charge in [0.25, 0.3) is 0 Å². The molecule has 0 radical (unpaired) electrons. The molecule has 2 heterocycles. The lowest BCUT2D eigenvalue weighted by atomic mass is 10.0. The van der Waals surface area contributed by atoms with Crippen molar-refractivity contribution in [3.8, 4) is 5.75 Å². The number of likely N-dealkylation sites (N-methyl/N-ethyl adjacent to an activating group) is 1. The van der Waals surface area contributed by atoms with Crippen molar-refractivity contribution in [3.05, 3.63) is 29.8 Å². The number of hydrogen-bond acceptors (Lipinski definition) is 4. The van der Waals surface area contributed by atoms with Crippen LogP contribution in [0.3, 0.4) is 0 Å². The molecule has 1 aromatic rings. The summed E-state index contributed by atoms with van der Waals surface area (Å²) in [6.07, 6.45) is -3.45. The van der Waals surface area contributed by atoms with E-state index in [9.17, 15) is 22.8 Å². The highest BCUT2D eigenvalue weighted by atomic mass is 19.4. The average Bonchev–Trinajstić information content (AvgIpc) is 2.65. The van der Waals surface area contributed by atoms with Gasteiger partial charge in [0.05, 0.1) is 18.0 Å². The highest BCUT2D eigenvalue weighted by molar-refractivity contribution is 5.88. The number of carbonyl (C=O) groups excluding carboxylic acids is 2. The van der Waals surface area contributed by atoms with Crippen LogP contribution in [-0.2, 0) is 15.8 Å². The Morgan fingerprint density at radius 3 is 2.61 bits per heavy atom. The number of carbonyl (C=O) groups is 2. The zero-order valence-electron chi connectivity index (χ0n) is 15.7. The molecule has 9 heteroatoms. The third kappa shape index (κ3) is 4.95. The SMILES string of the molecule is CN1CCNC(=O)C1CC(=O)N1CCC(Oc2cccc(C(F)(F)F)c2)CC1. The van der Waals surface area contributed by atoms with E-state index in [1.54, 1.807) is 4.90 Å². The lowest BCUT2D eigenvalue weighted by Crippen LogP contribution is -2.55. The molecule has 0 aromatic heterocycles. The molecule has 1 unspecified atom stereocenters. The monoisotopic (exact) mass is 399 g/mol. The maximum Gasteiger partial charge on any atom is 0.416 e. The van der Waals surface area contributed by atoms with Crippen molar-refractivity contribution < 1.29 is 27.5 Å². The maximum absolute atomic E-state index is 12.8. The first-order chi connectivity index (χ1) is 13.2. The second-order valence-electron chi connectivity index (χ2n) is 7.22. The third-order valence-corrected chi connectivity index (χ3v) is 5.23. The summed E-state index contributed by atoms with van der Waals surface area (Å²) in [5.74, 6) is -0.0450. The van der Waals surface area contributed by atoms with E-state index in [4.69, 9.17) is 4.74 Å². The van der Waals surface area contributed by atoms with Crippen LogP contribution in [0.4, 0.5) is 13.2 Å². The van der Waals surface area contributed by atoms with Crippen LogP contribution < -0.4 is 10.1 Å². The van der Waals surface area contributed by atoms with Gasteiger partial charge in [0.1, 0.15) is 11.9 Å². The van der Waals surface area contributed by atoms with Gasteiger partial charge >= 0.3 is 6.18 Å². The number of piperidine rings is 1. The van der Waals surface area contributed by atoms with E-state index in [0.717, 1.165) is 12.1 Å². The number of amides is 2. The van der Waals surface area contributed by atoms with Gasteiger partial charge < -0.3 is 15.0 Å². The molecule has 0 saturated carbocycles. The molecule has 6 nitrogen and oxygen atoms in total. The molecule has 28 heavy (non-hydrogen) atoms. The number of rotatable bonds is 4. The molecule has 1 aromatic carbocycles. The van der Waals surface area contributed by atoms with Crippen molar-refractivity contribution in [1.29, 1.82) is 0 Å². The highest BCUT2D eigenvalue weighted by Crippen LogP contribution is 2.32. The number of nitrogens with zero attached hydrogens (tertiary/aromatic N) is 2. The fraction of sp³-hybridized carbons (Fsp3) is 0.579. The zero-order chi connectivity index (χ0) is 20.3. The Balaban J connectivity index is 1.50. The molecule has 0 bridgehead atoms. The minimum atomic E-state index is -4.41. The number of hydrogen-bond donors (Lipinski definition) is 1. The summed E-state index contributed by atoms with van der Waals surface area (Å²) < 4.78 is 44.1. The Morgan fingerprint density at radius 1 is 1.25 bits per heavy atom. The number of ether oxygens (including phenoxy) is 1. The van der Waals surface area contributed by atoms with Gasteiger partial charge in [-0.1, -0.05) is 6.07 Å². The lowest BCUT2D eigenvalue weighted by molar-refractivity contribution is -0.139. The third-order valence-electron chi connectivity index (χ3n) is 5.23. The molecule has 154 valence electrons. The number of alkyl halides is 3. The van der Waals surface area contributed by atoms with Crippen molar-refractivity contribution in [1.82, 2.24) is 15.1 Å². The molecule has 1 N–H and O–H groups in total. The fourth-order valence-electron chi connectivity index (χ4n) is 3.53. The van der Waals surface area contributed by atoms with E-state index in [0.29, 0.717) is 39.0 Å². The Labute approximate surface area is 161 Å². The van der Waals surface area contributed by atoms with Crippen molar-refractivity contribution in [3.63, 3.8) is 0 Å².